The van der Waals surface area contributed by atoms with Crippen LogP contribution < -0.4 is 5.32 Å². The molecule has 2 aromatic rings. The molecule has 1 aromatic carbocycles. The van der Waals surface area contributed by atoms with E-state index in [9.17, 15) is 4.79 Å². The minimum Gasteiger partial charge on any atom is -0.322 e. The number of hydrogen-bond acceptors (Lipinski definition) is 2. The van der Waals surface area contributed by atoms with Crippen LogP contribution in [0.3, 0.4) is 0 Å². The summed E-state index contributed by atoms with van der Waals surface area (Å²) in [5.41, 5.74) is 2.65. The van der Waals surface area contributed by atoms with Crippen molar-refractivity contribution in [2.24, 2.45) is 0 Å². The molecule has 1 heterocycles. The Hall–Kier alpha value is -0.400. The van der Waals surface area contributed by atoms with Crippen LogP contribution in [0.5, 0.6) is 0 Å². The Bertz CT molecular complexity index is 567. The summed E-state index contributed by atoms with van der Waals surface area (Å²) in [5.74, 6) is -0.0695. The molecular weight excluding hydrogens is 413 g/mol. The van der Waals surface area contributed by atoms with Crippen molar-refractivity contribution < 1.29 is 4.79 Å². The predicted octanol–water partition coefficient (Wildman–Crippen LogP) is 4.68. The third kappa shape index (κ3) is 3.29. The minimum absolute atomic E-state index is 0.0695. The lowest BCUT2D eigenvalue weighted by Gasteiger charge is -2.05. The summed E-state index contributed by atoms with van der Waals surface area (Å²) < 4.78 is 2.10. The van der Waals surface area contributed by atoms with Crippen LogP contribution >= 0.6 is 49.9 Å². The fourth-order valence-corrected chi connectivity index (χ4v) is 3.01. The van der Waals surface area contributed by atoms with Crippen molar-refractivity contribution in [1.82, 2.24) is 0 Å². The molecule has 0 aliphatic carbocycles. The highest BCUT2D eigenvalue weighted by Gasteiger charge is 2.08. The Morgan fingerprint density at radius 3 is 2.76 bits per heavy atom. The second-order valence-corrected chi connectivity index (χ2v) is 7.22. The normalized spacial score (nSPS) is 10.3. The first-order valence-corrected chi connectivity index (χ1v) is 7.63. The van der Waals surface area contributed by atoms with Crippen molar-refractivity contribution >= 4 is 61.5 Å². The lowest BCUT2D eigenvalue weighted by molar-refractivity contribution is 0.102. The van der Waals surface area contributed by atoms with Gasteiger partial charge in [-0.15, -0.1) is 11.3 Å². The number of amides is 1. The summed E-state index contributed by atoms with van der Waals surface area (Å²) in [6.45, 7) is 2.01. The van der Waals surface area contributed by atoms with E-state index in [1.54, 1.807) is 11.3 Å². The monoisotopic (exact) mass is 421 g/mol. The Balaban J connectivity index is 2.15. The molecule has 1 amide bonds. The van der Waals surface area contributed by atoms with Gasteiger partial charge in [0, 0.05) is 15.5 Å². The van der Waals surface area contributed by atoms with Crippen LogP contribution in [-0.2, 0) is 0 Å². The largest absolute Gasteiger partial charge is 0.322 e. The highest BCUT2D eigenvalue weighted by Crippen LogP contribution is 2.22. The number of thiophene rings is 1. The highest BCUT2D eigenvalue weighted by molar-refractivity contribution is 14.1. The van der Waals surface area contributed by atoms with Crippen LogP contribution in [0.4, 0.5) is 5.69 Å². The van der Waals surface area contributed by atoms with Crippen molar-refractivity contribution in [2.75, 3.05) is 5.32 Å². The number of nitrogens with one attached hydrogen (secondary N) is 1. The molecule has 0 aliphatic rings. The third-order valence-corrected chi connectivity index (χ3v) is 4.90. The van der Waals surface area contributed by atoms with Crippen molar-refractivity contribution in [2.45, 2.75) is 6.92 Å². The first kappa shape index (κ1) is 13.0. The van der Waals surface area contributed by atoms with E-state index in [-0.39, 0.29) is 5.91 Å². The maximum Gasteiger partial charge on any atom is 0.256 e. The zero-order chi connectivity index (χ0) is 12.4. The average molecular weight is 422 g/mol. The van der Waals surface area contributed by atoms with Crippen molar-refractivity contribution in [3.05, 3.63) is 48.1 Å². The number of hydrogen-bond donors (Lipinski definition) is 1. The van der Waals surface area contributed by atoms with E-state index in [0.717, 1.165) is 18.6 Å². The van der Waals surface area contributed by atoms with Crippen LogP contribution in [0, 0.1) is 9.81 Å². The molecular formula is C12H9BrINOS. The van der Waals surface area contributed by atoms with Gasteiger partial charge in [-0.1, -0.05) is 22.0 Å². The van der Waals surface area contributed by atoms with Crippen LogP contribution in [0.2, 0.25) is 0 Å². The van der Waals surface area contributed by atoms with E-state index in [0.29, 0.717) is 5.56 Å². The maximum absolute atomic E-state index is 11.9. The van der Waals surface area contributed by atoms with Gasteiger partial charge in [0.1, 0.15) is 0 Å². The highest BCUT2D eigenvalue weighted by atomic mass is 127. The predicted molar refractivity (Wildman–Crippen MR) is 83.9 cm³/mol. The van der Waals surface area contributed by atoms with E-state index in [2.05, 4.69) is 43.8 Å². The number of carbonyl (C=O) groups is 1. The van der Waals surface area contributed by atoms with E-state index in [1.807, 2.05) is 36.6 Å². The lowest BCUT2D eigenvalue weighted by atomic mass is 10.2. The van der Waals surface area contributed by atoms with Crippen molar-refractivity contribution in [3.63, 3.8) is 0 Å². The smallest absolute Gasteiger partial charge is 0.256 e. The van der Waals surface area contributed by atoms with Crippen LogP contribution in [0.25, 0.3) is 0 Å². The molecule has 2 rings (SSSR count). The fraction of sp³-hybridized carbons (Fsp3) is 0.0833. The molecule has 5 heteroatoms. The first-order valence-electron chi connectivity index (χ1n) is 4.88. The molecule has 1 N–H and O–H groups in total. The average Bonchev–Trinajstić information content (AvgIpc) is 2.70. The van der Waals surface area contributed by atoms with E-state index >= 15 is 0 Å². The Morgan fingerprint density at radius 2 is 2.18 bits per heavy atom. The lowest BCUT2D eigenvalue weighted by Crippen LogP contribution is -2.10. The van der Waals surface area contributed by atoms with Crippen LogP contribution in [-0.4, -0.2) is 5.91 Å². The van der Waals surface area contributed by atoms with Gasteiger partial charge in [-0.25, -0.2) is 0 Å². The van der Waals surface area contributed by atoms with Gasteiger partial charge in [-0.05, 0) is 53.3 Å². The number of rotatable bonds is 2. The van der Waals surface area contributed by atoms with Gasteiger partial charge < -0.3 is 5.32 Å². The van der Waals surface area contributed by atoms with Gasteiger partial charge in [0.25, 0.3) is 5.91 Å². The summed E-state index contributed by atoms with van der Waals surface area (Å²) in [5, 5.41) is 4.74. The second-order valence-electron chi connectivity index (χ2n) is 3.56. The van der Waals surface area contributed by atoms with Crippen LogP contribution in [0.1, 0.15) is 15.9 Å². The molecule has 0 unspecified atom stereocenters. The quantitative estimate of drug-likeness (QED) is 0.701. The molecule has 0 atom stereocenters. The number of aryl methyl sites for hydroxylation is 1. The first-order chi connectivity index (χ1) is 8.06. The summed E-state index contributed by atoms with van der Waals surface area (Å²) in [6, 6.07) is 7.65. The number of benzene rings is 1. The number of anilines is 1. The fourth-order valence-electron chi connectivity index (χ4n) is 1.30. The summed E-state index contributed by atoms with van der Waals surface area (Å²) >= 11 is 7.22. The molecule has 88 valence electrons. The molecule has 0 saturated heterocycles. The van der Waals surface area contributed by atoms with Gasteiger partial charge in [0.15, 0.2) is 0 Å². The van der Waals surface area contributed by atoms with Crippen molar-refractivity contribution in [3.8, 4) is 0 Å². The third-order valence-electron chi connectivity index (χ3n) is 2.26. The molecule has 0 saturated carbocycles. The van der Waals surface area contributed by atoms with Gasteiger partial charge in [-0.2, -0.15) is 0 Å². The zero-order valence-electron chi connectivity index (χ0n) is 8.96. The molecule has 0 radical (unpaired) electrons. The summed E-state index contributed by atoms with van der Waals surface area (Å²) in [7, 11) is 0. The number of carbonyl (C=O) groups excluding carboxylic acids is 1. The number of halogens is 2. The van der Waals surface area contributed by atoms with Gasteiger partial charge in [-0.3, -0.25) is 4.79 Å². The van der Waals surface area contributed by atoms with Crippen LogP contribution in [0.15, 0.2) is 34.1 Å². The van der Waals surface area contributed by atoms with E-state index < -0.39 is 0 Å². The molecule has 0 spiro atoms. The minimum atomic E-state index is -0.0695. The second kappa shape index (κ2) is 5.49. The standard InChI is InChI=1S/C12H9BrINOS/c1-7-2-3-9(5-10(7)13)15-12(16)8-4-11(14)17-6-8/h2-6H,1H3,(H,15,16). The maximum atomic E-state index is 11.9. The molecule has 0 bridgehead atoms. The van der Waals surface area contributed by atoms with Gasteiger partial charge in [0.2, 0.25) is 0 Å². The van der Waals surface area contributed by atoms with E-state index in [1.165, 1.54) is 0 Å². The molecule has 2 nitrogen and oxygen atoms in total. The topological polar surface area (TPSA) is 29.1 Å². The summed E-state index contributed by atoms with van der Waals surface area (Å²) in [6.07, 6.45) is 0. The molecule has 17 heavy (non-hydrogen) atoms. The Labute approximate surface area is 126 Å². The summed E-state index contributed by atoms with van der Waals surface area (Å²) in [4.78, 5) is 11.9. The molecule has 0 fully saturated rings. The Kier molecular flexibility index (Phi) is 4.22. The van der Waals surface area contributed by atoms with Gasteiger partial charge >= 0.3 is 0 Å². The van der Waals surface area contributed by atoms with Gasteiger partial charge in [0.05, 0.1) is 8.45 Å². The Morgan fingerprint density at radius 1 is 1.41 bits per heavy atom. The SMILES string of the molecule is Cc1ccc(NC(=O)c2csc(I)c2)cc1Br. The van der Waals surface area contributed by atoms with E-state index in [4.69, 9.17) is 0 Å². The van der Waals surface area contributed by atoms with Crippen molar-refractivity contribution in [1.29, 1.82) is 0 Å². The molecule has 0 aliphatic heterocycles. The molecule has 1 aromatic heterocycles. The zero-order valence-corrected chi connectivity index (χ0v) is 13.5.